The van der Waals surface area contributed by atoms with Crippen molar-refractivity contribution in [2.45, 2.75) is 37.0 Å². The number of nitrogens with one attached hydrogen (secondary N) is 2. The highest BCUT2D eigenvalue weighted by atomic mass is 19.3. The third-order valence-electron chi connectivity index (χ3n) is 5.34. The van der Waals surface area contributed by atoms with Gasteiger partial charge in [-0.3, -0.25) is 14.5 Å². The van der Waals surface area contributed by atoms with Gasteiger partial charge in [-0.2, -0.15) is 8.78 Å². The molecule has 3 aliphatic rings. The number of anilines is 2. The molecule has 3 N–H and O–H groups in total. The highest BCUT2D eigenvalue weighted by molar-refractivity contribution is 5.94. The van der Waals surface area contributed by atoms with E-state index in [-0.39, 0.29) is 30.8 Å². The molecule has 1 saturated heterocycles. The Labute approximate surface area is 174 Å². The zero-order chi connectivity index (χ0) is 22.3. The maximum absolute atomic E-state index is 14.6. The number of halogens is 3. The molecule has 0 bridgehead atoms. The molecule has 2 amide bonds. The monoisotopic (exact) mass is 437 g/mol. The van der Waals surface area contributed by atoms with Crippen molar-refractivity contribution in [3.63, 3.8) is 0 Å². The van der Waals surface area contributed by atoms with Gasteiger partial charge in [-0.05, 0) is 30.4 Å². The van der Waals surface area contributed by atoms with E-state index in [1.807, 2.05) is 0 Å². The molecule has 8 nitrogen and oxygen atoms in total. The number of carbonyl (C=O) groups excluding carboxylic acids is 3. The Hall–Kier alpha value is -3.34. The van der Waals surface area contributed by atoms with Gasteiger partial charge in [0.2, 0.25) is 0 Å². The largest absolute Gasteiger partial charge is 0.438 e. The number of aliphatic hydroxyl groups excluding tert-OH is 1. The van der Waals surface area contributed by atoms with Crippen molar-refractivity contribution in [3.05, 3.63) is 47.9 Å². The van der Waals surface area contributed by atoms with Crippen LogP contribution >= 0.6 is 0 Å². The van der Waals surface area contributed by atoms with Gasteiger partial charge in [-0.15, -0.1) is 0 Å². The number of carbonyl (C=O) groups is 3. The van der Waals surface area contributed by atoms with Crippen LogP contribution in [0.25, 0.3) is 0 Å². The van der Waals surface area contributed by atoms with Gasteiger partial charge in [0.05, 0.1) is 24.0 Å². The number of ether oxygens (including phenoxy) is 1. The molecule has 4 rings (SSSR count). The Balaban J connectivity index is 1.44. The highest BCUT2D eigenvalue weighted by Gasteiger charge is 2.64. The van der Waals surface area contributed by atoms with E-state index in [1.165, 1.54) is 29.2 Å². The summed E-state index contributed by atoms with van der Waals surface area (Å²) < 4.78 is 44.7. The van der Waals surface area contributed by atoms with Crippen LogP contribution < -0.4 is 15.5 Å². The van der Waals surface area contributed by atoms with Crippen molar-refractivity contribution >= 4 is 29.2 Å². The van der Waals surface area contributed by atoms with E-state index < -0.39 is 47.8 Å². The van der Waals surface area contributed by atoms with Crippen LogP contribution in [-0.4, -0.2) is 53.6 Å². The van der Waals surface area contributed by atoms with Crippen LogP contribution in [0.2, 0.25) is 0 Å². The molecule has 1 aliphatic heterocycles. The first-order valence-electron chi connectivity index (χ1n) is 9.44. The second kappa shape index (κ2) is 7.73. The second-order valence-electron chi connectivity index (χ2n) is 7.52. The standard InChI is InChI=1S/C20H18F3N3O5/c21-12-7-11(3-4-13(12)24-10-1-5-14(27)15(28)6-2-10)26-9-20(31-19(26)30)8-16(20)25-18(29)17(22)23/h1-5,7,15-17,24,28H,6,8-9H2,(H,25,29)/t15?,16?,20-/m0/s1. The average molecular weight is 437 g/mol. The lowest BCUT2D eigenvalue weighted by Crippen LogP contribution is -2.37. The number of hydrogen-bond acceptors (Lipinski definition) is 6. The van der Waals surface area contributed by atoms with Gasteiger partial charge in [0, 0.05) is 18.5 Å². The van der Waals surface area contributed by atoms with Crippen molar-refractivity contribution in [3.8, 4) is 0 Å². The van der Waals surface area contributed by atoms with Crippen LogP contribution in [0.3, 0.4) is 0 Å². The third kappa shape index (κ3) is 4.13. The van der Waals surface area contributed by atoms with E-state index in [4.69, 9.17) is 4.74 Å². The fourth-order valence-electron chi connectivity index (χ4n) is 3.51. The molecule has 31 heavy (non-hydrogen) atoms. The molecule has 1 heterocycles. The number of amides is 2. The number of nitrogens with zero attached hydrogens (tertiary/aromatic N) is 1. The molecule has 0 aromatic heterocycles. The van der Waals surface area contributed by atoms with Gasteiger partial charge in [0.25, 0.3) is 5.91 Å². The molecular weight excluding hydrogens is 419 g/mol. The van der Waals surface area contributed by atoms with E-state index in [9.17, 15) is 32.7 Å². The number of allylic oxidation sites excluding steroid dienone is 1. The predicted octanol–water partition coefficient (Wildman–Crippen LogP) is 1.86. The number of rotatable bonds is 5. The number of aliphatic hydroxyl groups is 1. The van der Waals surface area contributed by atoms with Crippen molar-refractivity contribution in [1.82, 2.24) is 5.32 Å². The van der Waals surface area contributed by atoms with Gasteiger partial charge in [0.15, 0.2) is 11.4 Å². The van der Waals surface area contributed by atoms with E-state index in [1.54, 1.807) is 6.08 Å². The van der Waals surface area contributed by atoms with E-state index in [0.717, 1.165) is 6.07 Å². The first-order chi connectivity index (χ1) is 14.7. The molecular formula is C20H18F3N3O5. The van der Waals surface area contributed by atoms with Gasteiger partial charge in [-0.25, -0.2) is 9.18 Å². The summed E-state index contributed by atoms with van der Waals surface area (Å²) in [7, 11) is 0. The number of benzene rings is 1. The Morgan fingerprint density at radius 2 is 2.06 bits per heavy atom. The molecule has 1 spiro atoms. The van der Waals surface area contributed by atoms with Crippen molar-refractivity contribution in [1.29, 1.82) is 0 Å². The van der Waals surface area contributed by atoms with Crippen LogP contribution in [0.4, 0.5) is 29.3 Å². The lowest BCUT2D eigenvalue weighted by Gasteiger charge is -2.15. The normalized spacial score (nSPS) is 27.3. The lowest BCUT2D eigenvalue weighted by atomic mass is 10.2. The maximum Gasteiger partial charge on any atom is 0.415 e. The molecule has 11 heteroatoms. The summed E-state index contributed by atoms with van der Waals surface area (Å²) in [6, 6.07) is 3.25. The van der Waals surface area contributed by atoms with Crippen molar-refractivity contribution in [2.75, 3.05) is 16.8 Å². The highest BCUT2D eigenvalue weighted by Crippen LogP contribution is 2.46. The zero-order valence-electron chi connectivity index (χ0n) is 16.0. The molecule has 2 unspecified atom stereocenters. The Kier molecular flexibility index (Phi) is 5.21. The predicted molar refractivity (Wildman–Crippen MR) is 102 cm³/mol. The van der Waals surface area contributed by atoms with Crippen LogP contribution in [-0.2, 0) is 14.3 Å². The Morgan fingerprint density at radius 1 is 1.29 bits per heavy atom. The van der Waals surface area contributed by atoms with Crippen LogP contribution in [0.15, 0.2) is 42.1 Å². The SMILES string of the molecule is O=C(NC1C[C@]12CN(c1ccc(NC3=CCC(O)C(=O)C=C3)c(F)c1)C(=O)O2)C(F)F. The summed E-state index contributed by atoms with van der Waals surface area (Å²) in [5, 5.41) is 14.5. The lowest BCUT2D eigenvalue weighted by molar-refractivity contribution is -0.132. The Bertz CT molecular complexity index is 1010. The minimum Gasteiger partial charge on any atom is -0.438 e. The minimum absolute atomic E-state index is 0.0138. The summed E-state index contributed by atoms with van der Waals surface area (Å²) in [5.74, 6) is -2.57. The van der Waals surface area contributed by atoms with Crippen LogP contribution in [0.1, 0.15) is 12.8 Å². The summed E-state index contributed by atoms with van der Waals surface area (Å²) in [5.41, 5.74) is -0.393. The summed E-state index contributed by atoms with van der Waals surface area (Å²) in [6.07, 6.45) is -0.624. The minimum atomic E-state index is -3.17. The number of alkyl halides is 2. The van der Waals surface area contributed by atoms with Gasteiger partial charge in [0.1, 0.15) is 11.9 Å². The first kappa shape index (κ1) is 20.9. The summed E-state index contributed by atoms with van der Waals surface area (Å²) >= 11 is 0. The van der Waals surface area contributed by atoms with Crippen molar-refractivity contribution < 1.29 is 37.4 Å². The third-order valence-corrected chi connectivity index (χ3v) is 5.34. The summed E-state index contributed by atoms with van der Waals surface area (Å²) in [4.78, 5) is 36.1. The molecule has 2 aliphatic carbocycles. The molecule has 164 valence electrons. The summed E-state index contributed by atoms with van der Waals surface area (Å²) in [6.45, 7) is -0.0138. The maximum atomic E-state index is 14.6. The van der Waals surface area contributed by atoms with Crippen LogP contribution in [0.5, 0.6) is 0 Å². The van der Waals surface area contributed by atoms with Gasteiger partial charge in [-0.1, -0.05) is 6.08 Å². The fraction of sp³-hybridized carbons (Fsp3) is 0.350. The second-order valence-corrected chi connectivity index (χ2v) is 7.52. The molecule has 1 aromatic carbocycles. The number of ketones is 1. The quantitative estimate of drug-likeness (QED) is 0.649. The molecule has 0 radical (unpaired) electrons. The average Bonchev–Trinajstić information content (AvgIpc) is 3.30. The topological polar surface area (TPSA) is 108 Å². The molecule has 3 atom stereocenters. The molecule has 1 saturated carbocycles. The van der Waals surface area contributed by atoms with Crippen molar-refractivity contribution in [2.24, 2.45) is 0 Å². The molecule has 2 fully saturated rings. The van der Waals surface area contributed by atoms with E-state index in [0.29, 0.717) is 5.70 Å². The zero-order valence-corrected chi connectivity index (χ0v) is 16.0. The molecule has 1 aromatic rings. The fourth-order valence-corrected chi connectivity index (χ4v) is 3.51. The van der Waals surface area contributed by atoms with E-state index >= 15 is 0 Å². The Morgan fingerprint density at radius 3 is 2.77 bits per heavy atom. The van der Waals surface area contributed by atoms with Gasteiger partial charge >= 0.3 is 12.5 Å². The number of hydrogen-bond donors (Lipinski definition) is 3. The smallest absolute Gasteiger partial charge is 0.415 e. The first-order valence-corrected chi connectivity index (χ1v) is 9.44. The van der Waals surface area contributed by atoms with Gasteiger partial charge < -0.3 is 20.5 Å². The van der Waals surface area contributed by atoms with E-state index in [2.05, 4.69) is 10.6 Å². The van der Waals surface area contributed by atoms with Crippen LogP contribution in [0, 0.1) is 5.82 Å².